The lowest BCUT2D eigenvalue weighted by molar-refractivity contribution is 0.409. The number of rotatable bonds is 3. The quantitative estimate of drug-likeness (QED) is 0.798. The summed E-state index contributed by atoms with van der Waals surface area (Å²) in [5.74, 6) is 0.809. The zero-order valence-corrected chi connectivity index (χ0v) is 12.3. The Kier molecular flexibility index (Phi) is 3.42. The summed E-state index contributed by atoms with van der Waals surface area (Å²) < 4.78 is 5.50. The van der Waals surface area contributed by atoms with Crippen LogP contribution in [-0.4, -0.2) is 12.1 Å². The van der Waals surface area contributed by atoms with Crippen LogP contribution in [0.2, 0.25) is 0 Å². The number of aryl methyl sites for hydroxylation is 1. The van der Waals surface area contributed by atoms with E-state index < -0.39 is 0 Å². The zero-order chi connectivity index (χ0) is 14.1. The van der Waals surface area contributed by atoms with Gasteiger partial charge in [-0.25, -0.2) is 4.98 Å². The molecule has 3 rings (SSSR count). The van der Waals surface area contributed by atoms with Gasteiger partial charge in [0, 0.05) is 16.6 Å². The fourth-order valence-corrected chi connectivity index (χ4v) is 3.22. The molecule has 0 radical (unpaired) electrons. The second-order valence-electron chi connectivity index (χ2n) is 4.71. The van der Waals surface area contributed by atoms with Crippen LogP contribution in [0.25, 0.3) is 10.8 Å². The number of methoxy groups -OCH3 is 1. The number of fused-ring (bicyclic) bond motifs is 1. The maximum absolute atomic E-state index is 6.44. The molecule has 0 spiro atoms. The summed E-state index contributed by atoms with van der Waals surface area (Å²) >= 11 is 1.59. The van der Waals surface area contributed by atoms with Crippen LogP contribution in [0, 0.1) is 6.92 Å². The molecule has 3 nitrogen and oxygen atoms in total. The monoisotopic (exact) mass is 284 g/mol. The van der Waals surface area contributed by atoms with Crippen LogP contribution >= 0.6 is 11.3 Å². The van der Waals surface area contributed by atoms with E-state index in [0.717, 1.165) is 32.8 Å². The first kappa shape index (κ1) is 13.1. The minimum atomic E-state index is -0.269. The van der Waals surface area contributed by atoms with Gasteiger partial charge >= 0.3 is 0 Å². The molecule has 0 aliphatic heterocycles. The summed E-state index contributed by atoms with van der Waals surface area (Å²) in [6.45, 7) is 1.98. The number of nitrogens with zero attached hydrogens (tertiary/aromatic N) is 1. The third-order valence-corrected chi connectivity index (χ3v) is 4.41. The van der Waals surface area contributed by atoms with E-state index in [0.29, 0.717) is 0 Å². The first-order valence-corrected chi connectivity index (χ1v) is 7.32. The van der Waals surface area contributed by atoms with Gasteiger partial charge in [-0.1, -0.05) is 30.3 Å². The van der Waals surface area contributed by atoms with Crippen molar-refractivity contribution < 1.29 is 4.74 Å². The van der Waals surface area contributed by atoms with Crippen molar-refractivity contribution in [1.82, 2.24) is 4.98 Å². The third-order valence-electron chi connectivity index (χ3n) is 3.36. The van der Waals surface area contributed by atoms with Crippen molar-refractivity contribution in [2.45, 2.75) is 13.0 Å². The molecule has 0 aliphatic carbocycles. The van der Waals surface area contributed by atoms with Crippen molar-refractivity contribution in [3.8, 4) is 5.75 Å². The summed E-state index contributed by atoms with van der Waals surface area (Å²) in [7, 11) is 1.67. The number of hydrogen-bond acceptors (Lipinski definition) is 4. The number of hydrogen-bond donors (Lipinski definition) is 1. The van der Waals surface area contributed by atoms with Gasteiger partial charge < -0.3 is 10.5 Å². The third kappa shape index (κ3) is 2.17. The van der Waals surface area contributed by atoms with Gasteiger partial charge in [-0.3, -0.25) is 0 Å². The fourth-order valence-electron chi connectivity index (χ4n) is 2.41. The summed E-state index contributed by atoms with van der Waals surface area (Å²) in [6.07, 6.45) is 0. The Balaban J connectivity index is 2.22. The molecule has 0 bridgehead atoms. The van der Waals surface area contributed by atoms with Crippen LogP contribution in [0.4, 0.5) is 0 Å². The average Bonchev–Trinajstić information content (AvgIpc) is 2.92. The van der Waals surface area contributed by atoms with E-state index in [1.165, 1.54) is 0 Å². The largest absolute Gasteiger partial charge is 0.496 e. The smallest absolute Gasteiger partial charge is 0.124 e. The molecule has 2 N–H and O–H groups in total. The van der Waals surface area contributed by atoms with Crippen LogP contribution in [0.15, 0.2) is 41.8 Å². The molecular formula is C16H16N2OS. The Hall–Kier alpha value is -1.91. The molecule has 0 amide bonds. The van der Waals surface area contributed by atoms with Crippen LogP contribution in [0.5, 0.6) is 5.75 Å². The predicted octanol–water partition coefficient (Wildman–Crippen LogP) is 3.66. The van der Waals surface area contributed by atoms with Gasteiger partial charge in [-0.15, -0.1) is 11.3 Å². The highest BCUT2D eigenvalue weighted by Gasteiger charge is 2.19. The molecule has 0 saturated carbocycles. The van der Waals surface area contributed by atoms with Crippen molar-refractivity contribution in [2.24, 2.45) is 5.73 Å². The Labute approximate surface area is 122 Å². The van der Waals surface area contributed by atoms with Gasteiger partial charge in [0.15, 0.2) is 0 Å². The Morgan fingerprint density at radius 3 is 2.70 bits per heavy atom. The number of thiazole rings is 1. The molecule has 0 saturated heterocycles. The number of aromatic nitrogens is 1. The lowest BCUT2D eigenvalue weighted by atomic mass is 9.98. The van der Waals surface area contributed by atoms with Crippen molar-refractivity contribution in [2.75, 3.05) is 7.11 Å². The highest BCUT2D eigenvalue weighted by molar-refractivity contribution is 7.09. The highest BCUT2D eigenvalue weighted by Crippen LogP contribution is 2.35. The standard InChI is InChI=1S/C16H16N2OS/c1-10-9-20-16(18-10)15(17)14-12-6-4-3-5-11(12)7-8-13(14)19-2/h3-9,15H,17H2,1-2H3. The maximum atomic E-state index is 6.44. The van der Waals surface area contributed by atoms with Crippen LogP contribution in [0.3, 0.4) is 0 Å². The molecule has 1 heterocycles. The van der Waals surface area contributed by atoms with E-state index in [-0.39, 0.29) is 6.04 Å². The van der Waals surface area contributed by atoms with E-state index in [1.54, 1.807) is 18.4 Å². The molecule has 1 aromatic heterocycles. The predicted molar refractivity (Wildman–Crippen MR) is 83.4 cm³/mol. The van der Waals surface area contributed by atoms with Gasteiger partial charge in [0.2, 0.25) is 0 Å². The molecule has 20 heavy (non-hydrogen) atoms. The number of benzene rings is 2. The van der Waals surface area contributed by atoms with E-state index in [2.05, 4.69) is 23.2 Å². The summed E-state index contributed by atoms with van der Waals surface area (Å²) in [5, 5.41) is 5.21. The van der Waals surface area contributed by atoms with E-state index in [9.17, 15) is 0 Å². The molecule has 2 aromatic carbocycles. The second-order valence-corrected chi connectivity index (χ2v) is 5.60. The fraction of sp³-hybridized carbons (Fsp3) is 0.188. The van der Waals surface area contributed by atoms with E-state index >= 15 is 0 Å². The summed E-state index contributed by atoms with van der Waals surface area (Å²) in [4.78, 5) is 4.51. The first-order chi connectivity index (χ1) is 9.70. The van der Waals surface area contributed by atoms with Crippen LogP contribution in [0.1, 0.15) is 22.3 Å². The minimum absolute atomic E-state index is 0.269. The number of ether oxygens (including phenoxy) is 1. The van der Waals surface area contributed by atoms with Crippen molar-refractivity contribution in [3.63, 3.8) is 0 Å². The lowest BCUT2D eigenvalue weighted by Crippen LogP contribution is -2.13. The summed E-state index contributed by atoms with van der Waals surface area (Å²) in [5.41, 5.74) is 8.44. The van der Waals surface area contributed by atoms with Crippen molar-refractivity contribution in [3.05, 3.63) is 58.0 Å². The summed E-state index contributed by atoms with van der Waals surface area (Å²) in [6, 6.07) is 12.0. The van der Waals surface area contributed by atoms with E-state index in [1.807, 2.05) is 30.5 Å². The lowest BCUT2D eigenvalue weighted by Gasteiger charge is -2.16. The normalized spacial score (nSPS) is 12.6. The maximum Gasteiger partial charge on any atom is 0.124 e. The average molecular weight is 284 g/mol. The van der Waals surface area contributed by atoms with E-state index in [4.69, 9.17) is 10.5 Å². The Bertz CT molecular complexity index is 751. The van der Waals surface area contributed by atoms with Gasteiger partial charge in [0.25, 0.3) is 0 Å². The van der Waals surface area contributed by atoms with Crippen LogP contribution in [-0.2, 0) is 0 Å². The molecular weight excluding hydrogens is 268 g/mol. The SMILES string of the molecule is COc1ccc2ccccc2c1C(N)c1nc(C)cs1. The Morgan fingerprint density at radius 1 is 1.20 bits per heavy atom. The van der Waals surface area contributed by atoms with Crippen molar-refractivity contribution >= 4 is 22.1 Å². The molecule has 1 atom stereocenters. The first-order valence-electron chi connectivity index (χ1n) is 6.44. The van der Waals surface area contributed by atoms with Gasteiger partial charge in [-0.2, -0.15) is 0 Å². The second kappa shape index (κ2) is 5.23. The zero-order valence-electron chi connectivity index (χ0n) is 11.5. The molecule has 3 aromatic rings. The molecule has 102 valence electrons. The molecule has 0 aliphatic rings. The van der Waals surface area contributed by atoms with Crippen molar-refractivity contribution in [1.29, 1.82) is 0 Å². The topological polar surface area (TPSA) is 48.1 Å². The van der Waals surface area contributed by atoms with Crippen LogP contribution < -0.4 is 10.5 Å². The molecule has 4 heteroatoms. The van der Waals surface area contributed by atoms with Gasteiger partial charge in [0.05, 0.1) is 13.2 Å². The van der Waals surface area contributed by atoms with Gasteiger partial charge in [0.1, 0.15) is 10.8 Å². The minimum Gasteiger partial charge on any atom is -0.496 e. The molecule has 0 fully saturated rings. The highest BCUT2D eigenvalue weighted by atomic mass is 32.1. The van der Waals surface area contributed by atoms with Gasteiger partial charge in [-0.05, 0) is 23.8 Å². The number of nitrogens with two attached hydrogens (primary N) is 1. The molecule has 1 unspecified atom stereocenters. The Morgan fingerprint density at radius 2 is 2.00 bits per heavy atom.